The summed E-state index contributed by atoms with van der Waals surface area (Å²) < 4.78 is 0. The molecule has 3 nitrogen and oxygen atoms in total. The van der Waals surface area contributed by atoms with Gasteiger partial charge < -0.3 is 9.80 Å². The van der Waals surface area contributed by atoms with Crippen molar-refractivity contribution in [2.45, 2.75) is 0 Å². The van der Waals surface area contributed by atoms with Gasteiger partial charge in [-0.25, -0.2) is 0 Å². The molecule has 2 rings (SSSR count). The molecular weight excluding hydrogens is 210 g/mol. The van der Waals surface area contributed by atoms with E-state index < -0.39 is 0 Å². The third kappa shape index (κ3) is 3.17. The molecule has 17 heavy (non-hydrogen) atoms. The van der Waals surface area contributed by atoms with Crippen LogP contribution in [0.25, 0.3) is 6.08 Å². The van der Waals surface area contributed by atoms with E-state index in [1.54, 1.807) is 6.08 Å². The van der Waals surface area contributed by atoms with Crippen LogP contribution in [0.3, 0.4) is 0 Å². The molecule has 0 unspecified atom stereocenters. The number of aromatic nitrogens is 1. The van der Waals surface area contributed by atoms with Gasteiger partial charge in [0.05, 0.1) is 5.69 Å². The highest BCUT2D eigenvalue weighted by atomic mass is 15.2. The van der Waals surface area contributed by atoms with Crippen LogP contribution in [0.5, 0.6) is 0 Å². The van der Waals surface area contributed by atoms with Crippen LogP contribution in [0.15, 0.2) is 37.1 Å². The highest BCUT2D eigenvalue weighted by Gasteiger charge is 2.14. The standard InChI is InChI=1S/C14H19N3/c1-3-4-5-13-12-14(6-7-15-13)17-10-8-16(2)9-11-17/h3-7,12H,1,8-11H2,2H3/b5-4+. The summed E-state index contributed by atoms with van der Waals surface area (Å²) in [7, 11) is 2.17. The van der Waals surface area contributed by atoms with Gasteiger partial charge in [0.15, 0.2) is 0 Å². The molecule has 1 aliphatic rings. The molecule has 1 aromatic heterocycles. The summed E-state index contributed by atoms with van der Waals surface area (Å²) in [4.78, 5) is 9.08. The molecule has 1 aliphatic heterocycles. The molecular formula is C14H19N3. The van der Waals surface area contributed by atoms with Crippen molar-refractivity contribution in [1.82, 2.24) is 9.88 Å². The van der Waals surface area contributed by atoms with Crippen LogP contribution >= 0.6 is 0 Å². The van der Waals surface area contributed by atoms with Gasteiger partial charge in [0.1, 0.15) is 0 Å². The Hall–Kier alpha value is -1.61. The maximum absolute atomic E-state index is 4.32. The fourth-order valence-electron chi connectivity index (χ4n) is 1.96. The second kappa shape index (κ2) is 5.64. The predicted molar refractivity (Wildman–Crippen MR) is 73.2 cm³/mol. The maximum Gasteiger partial charge on any atom is 0.0650 e. The quantitative estimate of drug-likeness (QED) is 0.739. The normalized spacial score (nSPS) is 17.6. The molecule has 1 aromatic rings. The molecule has 0 atom stereocenters. The van der Waals surface area contributed by atoms with E-state index in [2.05, 4.69) is 40.5 Å². The fourth-order valence-corrected chi connectivity index (χ4v) is 1.96. The molecule has 0 aromatic carbocycles. The second-order valence-electron chi connectivity index (χ2n) is 4.32. The number of anilines is 1. The van der Waals surface area contributed by atoms with Crippen molar-refractivity contribution in [2.75, 3.05) is 38.1 Å². The molecule has 0 N–H and O–H groups in total. The molecule has 2 heterocycles. The smallest absolute Gasteiger partial charge is 0.0650 e. The van der Waals surface area contributed by atoms with Crippen LogP contribution in [0.1, 0.15) is 5.69 Å². The first-order chi connectivity index (χ1) is 8.29. The van der Waals surface area contributed by atoms with Crippen LogP contribution in [-0.4, -0.2) is 43.1 Å². The molecule has 0 radical (unpaired) electrons. The Morgan fingerprint density at radius 2 is 2.06 bits per heavy atom. The molecule has 0 spiro atoms. The number of hydrogen-bond acceptors (Lipinski definition) is 3. The van der Waals surface area contributed by atoms with Gasteiger partial charge in [-0.05, 0) is 25.3 Å². The molecule has 3 heteroatoms. The van der Waals surface area contributed by atoms with E-state index >= 15 is 0 Å². The van der Waals surface area contributed by atoms with Crippen LogP contribution in [0, 0.1) is 0 Å². The molecule has 0 bridgehead atoms. The monoisotopic (exact) mass is 229 g/mol. The van der Waals surface area contributed by atoms with Gasteiger partial charge >= 0.3 is 0 Å². The number of allylic oxidation sites excluding steroid dienone is 2. The van der Waals surface area contributed by atoms with Crippen molar-refractivity contribution in [3.63, 3.8) is 0 Å². The predicted octanol–water partition coefficient (Wildman–Crippen LogP) is 2.03. The van der Waals surface area contributed by atoms with E-state index in [1.165, 1.54) is 5.69 Å². The van der Waals surface area contributed by atoms with E-state index in [0.29, 0.717) is 0 Å². The van der Waals surface area contributed by atoms with E-state index in [1.807, 2.05) is 18.3 Å². The summed E-state index contributed by atoms with van der Waals surface area (Å²) in [6.07, 6.45) is 7.53. The summed E-state index contributed by atoms with van der Waals surface area (Å²) in [5, 5.41) is 0. The number of hydrogen-bond donors (Lipinski definition) is 0. The van der Waals surface area contributed by atoms with Gasteiger partial charge in [0.2, 0.25) is 0 Å². The average Bonchev–Trinajstić information content (AvgIpc) is 2.37. The summed E-state index contributed by atoms with van der Waals surface area (Å²) in [5.74, 6) is 0. The number of likely N-dealkylation sites (N-methyl/N-ethyl adjacent to an activating group) is 1. The SMILES string of the molecule is C=C/C=C/c1cc(N2CCN(C)CC2)ccn1. The minimum Gasteiger partial charge on any atom is -0.369 e. The Morgan fingerprint density at radius 3 is 2.76 bits per heavy atom. The lowest BCUT2D eigenvalue weighted by atomic mass is 10.2. The summed E-state index contributed by atoms with van der Waals surface area (Å²) in [6.45, 7) is 8.09. The summed E-state index contributed by atoms with van der Waals surface area (Å²) >= 11 is 0. The molecule has 90 valence electrons. The third-order valence-electron chi connectivity index (χ3n) is 3.04. The zero-order valence-corrected chi connectivity index (χ0v) is 10.3. The minimum atomic E-state index is 0.987. The lowest BCUT2D eigenvalue weighted by molar-refractivity contribution is 0.313. The van der Waals surface area contributed by atoms with E-state index in [-0.39, 0.29) is 0 Å². The van der Waals surface area contributed by atoms with Crippen LogP contribution in [0.2, 0.25) is 0 Å². The highest BCUT2D eigenvalue weighted by molar-refractivity contribution is 5.55. The van der Waals surface area contributed by atoms with Crippen LogP contribution in [0.4, 0.5) is 5.69 Å². The Labute approximate surface area is 103 Å². The van der Waals surface area contributed by atoms with Gasteiger partial charge in [-0.15, -0.1) is 0 Å². The van der Waals surface area contributed by atoms with Crippen molar-refractivity contribution in [3.05, 3.63) is 42.8 Å². The molecule has 1 saturated heterocycles. The van der Waals surface area contributed by atoms with E-state index in [9.17, 15) is 0 Å². The fraction of sp³-hybridized carbons (Fsp3) is 0.357. The lowest BCUT2D eigenvalue weighted by Gasteiger charge is -2.34. The second-order valence-corrected chi connectivity index (χ2v) is 4.32. The van der Waals surface area contributed by atoms with Crippen molar-refractivity contribution < 1.29 is 0 Å². The zero-order chi connectivity index (χ0) is 12.1. The molecule has 0 amide bonds. The minimum absolute atomic E-state index is 0.987. The van der Waals surface area contributed by atoms with Gasteiger partial charge in [-0.2, -0.15) is 0 Å². The number of nitrogens with zero attached hydrogens (tertiary/aromatic N) is 3. The molecule has 1 fully saturated rings. The Bertz CT molecular complexity index is 404. The maximum atomic E-state index is 4.32. The largest absolute Gasteiger partial charge is 0.369 e. The average molecular weight is 229 g/mol. The van der Waals surface area contributed by atoms with Crippen molar-refractivity contribution in [2.24, 2.45) is 0 Å². The van der Waals surface area contributed by atoms with Gasteiger partial charge in [-0.3, -0.25) is 4.98 Å². The number of pyridine rings is 1. The zero-order valence-electron chi connectivity index (χ0n) is 10.3. The van der Waals surface area contributed by atoms with Crippen molar-refractivity contribution in [3.8, 4) is 0 Å². The van der Waals surface area contributed by atoms with Gasteiger partial charge in [-0.1, -0.05) is 18.7 Å². The summed E-state index contributed by atoms with van der Waals surface area (Å²) in [6, 6.07) is 4.21. The van der Waals surface area contributed by atoms with Crippen molar-refractivity contribution in [1.29, 1.82) is 0 Å². The first-order valence-corrected chi connectivity index (χ1v) is 5.98. The van der Waals surface area contributed by atoms with Crippen molar-refractivity contribution >= 4 is 11.8 Å². The topological polar surface area (TPSA) is 19.4 Å². The Balaban J connectivity index is 2.10. The lowest BCUT2D eigenvalue weighted by Crippen LogP contribution is -2.44. The first kappa shape index (κ1) is 11.9. The third-order valence-corrected chi connectivity index (χ3v) is 3.04. The Morgan fingerprint density at radius 1 is 1.29 bits per heavy atom. The first-order valence-electron chi connectivity index (χ1n) is 5.98. The van der Waals surface area contributed by atoms with Gasteiger partial charge in [0, 0.05) is 38.1 Å². The van der Waals surface area contributed by atoms with Gasteiger partial charge in [0.25, 0.3) is 0 Å². The van der Waals surface area contributed by atoms with E-state index in [4.69, 9.17) is 0 Å². The number of rotatable bonds is 3. The highest BCUT2D eigenvalue weighted by Crippen LogP contribution is 2.16. The number of piperazine rings is 1. The van der Waals surface area contributed by atoms with Crippen LogP contribution < -0.4 is 4.90 Å². The molecule has 0 aliphatic carbocycles. The summed E-state index contributed by atoms with van der Waals surface area (Å²) in [5.41, 5.74) is 2.25. The van der Waals surface area contributed by atoms with Crippen LogP contribution in [-0.2, 0) is 0 Å². The van der Waals surface area contributed by atoms with E-state index in [0.717, 1.165) is 31.9 Å². The molecule has 0 saturated carbocycles. The Kier molecular flexibility index (Phi) is 3.94.